The van der Waals surface area contributed by atoms with Crippen LogP contribution in [0.4, 0.5) is 4.79 Å². The number of hydrogen-bond acceptors (Lipinski definition) is 8. The van der Waals surface area contributed by atoms with E-state index in [1.807, 2.05) is 0 Å². The van der Waals surface area contributed by atoms with E-state index in [-0.39, 0.29) is 18.7 Å². The third-order valence-electron chi connectivity index (χ3n) is 4.20. The number of nitrogens with zero attached hydrogens (tertiary/aromatic N) is 1. The average Bonchev–Trinajstić information content (AvgIpc) is 3.15. The number of carboxylic acid groups (broad SMARTS) is 1. The monoisotopic (exact) mass is 411 g/mol. The molecule has 11 nitrogen and oxygen atoms in total. The minimum atomic E-state index is -1.76. The van der Waals surface area contributed by atoms with Crippen LogP contribution >= 0.6 is 11.8 Å². The lowest BCUT2D eigenvalue weighted by Crippen LogP contribution is -2.81. The smallest absolute Gasteiger partial charge is 0.404 e. The van der Waals surface area contributed by atoms with Gasteiger partial charge >= 0.3 is 12.1 Å². The number of amides is 3. The molecular weight excluding hydrogens is 394 g/mol. The predicted octanol–water partition coefficient (Wildman–Crippen LogP) is -0.371. The normalized spacial score (nSPS) is 26.0. The van der Waals surface area contributed by atoms with Crippen molar-refractivity contribution in [3.05, 3.63) is 35.9 Å². The van der Waals surface area contributed by atoms with Crippen LogP contribution < -0.4 is 11.1 Å². The number of carbonyl (C=O) groups excluding carboxylic acids is 3. The molecule has 2 aliphatic rings. The SMILES string of the molecule is COC1(NC(=O)Cc2ccco2)C(=O)N2C(C(=O)O)=CC(COC(N)=O)S[C@@H]21. The summed E-state index contributed by atoms with van der Waals surface area (Å²) >= 11 is 1.10. The van der Waals surface area contributed by atoms with Gasteiger partial charge < -0.3 is 30.0 Å². The number of aliphatic carboxylic acids is 1. The number of furan rings is 1. The van der Waals surface area contributed by atoms with E-state index in [1.165, 1.54) is 19.4 Å². The second kappa shape index (κ2) is 7.56. The number of fused-ring (bicyclic) bond motifs is 1. The second-order valence-electron chi connectivity index (χ2n) is 5.93. The number of rotatable bonds is 7. The van der Waals surface area contributed by atoms with Gasteiger partial charge in [-0.3, -0.25) is 14.5 Å². The Balaban J connectivity index is 1.81. The Hall–Kier alpha value is -2.99. The van der Waals surface area contributed by atoms with Gasteiger partial charge in [0.25, 0.3) is 11.6 Å². The van der Waals surface area contributed by atoms with Crippen molar-refractivity contribution >= 4 is 35.6 Å². The molecule has 0 saturated carbocycles. The van der Waals surface area contributed by atoms with Gasteiger partial charge in [-0.1, -0.05) is 0 Å². The number of primary amides is 1. The molecule has 3 atom stereocenters. The third-order valence-corrected chi connectivity index (χ3v) is 5.62. The predicted molar refractivity (Wildman–Crippen MR) is 93.6 cm³/mol. The molecule has 0 aliphatic carbocycles. The summed E-state index contributed by atoms with van der Waals surface area (Å²) in [5.41, 5.74) is 2.90. The van der Waals surface area contributed by atoms with Gasteiger partial charge in [-0.15, -0.1) is 11.8 Å². The maximum absolute atomic E-state index is 12.7. The molecule has 3 rings (SSSR count). The molecule has 1 fully saturated rings. The van der Waals surface area contributed by atoms with Crippen LogP contribution in [0.5, 0.6) is 0 Å². The van der Waals surface area contributed by atoms with Crippen LogP contribution in [0.3, 0.4) is 0 Å². The molecule has 28 heavy (non-hydrogen) atoms. The van der Waals surface area contributed by atoms with Gasteiger partial charge in [-0.2, -0.15) is 0 Å². The van der Waals surface area contributed by atoms with E-state index >= 15 is 0 Å². The zero-order valence-corrected chi connectivity index (χ0v) is 15.4. The van der Waals surface area contributed by atoms with Gasteiger partial charge in [-0.25, -0.2) is 9.59 Å². The topological polar surface area (TPSA) is 161 Å². The average molecular weight is 411 g/mol. The van der Waals surface area contributed by atoms with Crippen LogP contribution in [-0.4, -0.2) is 63.9 Å². The largest absolute Gasteiger partial charge is 0.477 e. The molecule has 3 heterocycles. The van der Waals surface area contributed by atoms with Gasteiger partial charge in [0.1, 0.15) is 23.4 Å². The Morgan fingerprint density at radius 1 is 1.46 bits per heavy atom. The van der Waals surface area contributed by atoms with Gasteiger partial charge in [-0.05, 0) is 18.2 Å². The van der Waals surface area contributed by atoms with Crippen molar-refractivity contribution in [1.29, 1.82) is 0 Å². The summed E-state index contributed by atoms with van der Waals surface area (Å²) in [5.74, 6) is -2.21. The van der Waals surface area contributed by atoms with E-state index in [9.17, 15) is 24.3 Å². The van der Waals surface area contributed by atoms with Crippen molar-refractivity contribution < 1.29 is 38.2 Å². The fourth-order valence-electron chi connectivity index (χ4n) is 2.96. The van der Waals surface area contributed by atoms with E-state index < -0.39 is 40.2 Å². The lowest BCUT2D eigenvalue weighted by molar-refractivity contribution is -0.192. The number of nitrogens with two attached hydrogens (primary N) is 1. The van der Waals surface area contributed by atoms with Crippen LogP contribution in [0.1, 0.15) is 5.76 Å². The molecule has 150 valence electrons. The van der Waals surface area contributed by atoms with E-state index in [2.05, 4.69) is 5.32 Å². The molecule has 0 radical (unpaired) electrons. The summed E-state index contributed by atoms with van der Waals surface area (Å²) in [4.78, 5) is 48.5. The molecule has 0 aromatic carbocycles. The second-order valence-corrected chi connectivity index (χ2v) is 7.26. The minimum Gasteiger partial charge on any atom is -0.477 e. The number of hydrogen-bond donors (Lipinski definition) is 3. The van der Waals surface area contributed by atoms with Crippen LogP contribution in [-0.2, 0) is 30.3 Å². The molecule has 2 aliphatic heterocycles. The number of β-lactam (4-membered cyclic amide) rings is 1. The molecule has 1 aromatic heterocycles. The Morgan fingerprint density at radius 3 is 2.79 bits per heavy atom. The van der Waals surface area contributed by atoms with Gasteiger partial charge in [0, 0.05) is 7.11 Å². The number of nitrogens with one attached hydrogen (secondary N) is 1. The number of carboxylic acids is 1. The zero-order chi connectivity index (χ0) is 20.5. The third kappa shape index (κ3) is 3.43. The Kier molecular flexibility index (Phi) is 5.34. The van der Waals surface area contributed by atoms with Crippen LogP contribution in [0.2, 0.25) is 0 Å². The van der Waals surface area contributed by atoms with Crippen LogP contribution in [0, 0.1) is 0 Å². The molecule has 2 unspecified atom stereocenters. The molecule has 3 amide bonds. The molecule has 0 spiro atoms. The van der Waals surface area contributed by atoms with Crippen molar-refractivity contribution in [2.24, 2.45) is 5.73 Å². The van der Waals surface area contributed by atoms with Crippen LogP contribution in [0.15, 0.2) is 34.6 Å². The molecule has 12 heteroatoms. The first kappa shape index (κ1) is 19.8. The highest BCUT2D eigenvalue weighted by Gasteiger charge is 2.66. The van der Waals surface area contributed by atoms with Crippen molar-refractivity contribution in [2.45, 2.75) is 22.8 Å². The number of carbonyl (C=O) groups is 4. The quantitative estimate of drug-likeness (QED) is 0.401. The summed E-state index contributed by atoms with van der Waals surface area (Å²) in [6.07, 6.45) is 1.56. The summed E-state index contributed by atoms with van der Waals surface area (Å²) in [5, 5.41) is 10.5. The molecule has 0 bridgehead atoms. The van der Waals surface area contributed by atoms with E-state index in [0.717, 1.165) is 16.7 Å². The first-order valence-electron chi connectivity index (χ1n) is 8.03. The molecule has 4 N–H and O–H groups in total. The maximum Gasteiger partial charge on any atom is 0.404 e. The highest BCUT2D eigenvalue weighted by atomic mass is 32.2. The Morgan fingerprint density at radius 2 is 2.21 bits per heavy atom. The van der Waals surface area contributed by atoms with E-state index in [4.69, 9.17) is 19.6 Å². The zero-order valence-electron chi connectivity index (χ0n) is 14.6. The lowest BCUT2D eigenvalue weighted by Gasteiger charge is -2.56. The summed E-state index contributed by atoms with van der Waals surface area (Å²) in [7, 11) is 1.23. The standard InChI is InChI=1S/C16H17N3O8S/c1-25-16(18-11(20)5-8-3-2-4-26-8)13(23)19-10(12(21)22)6-9(28-14(16)19)7-27-15(17)24/h2-4,6,9,14H,5,7H2,1H3,(H2,17,24)(H,18,20)(H,21,22)/t9?,14-,16?/m1/s1. The molecular formula is C16H17N3O8S. The van der Waals surface area contributed by atoms with E-state index in [1.54, 1.807) is 12.1 Å². The van der Waals surface area contributed by atoms with E-state index in [0.29, 0.717) is 5.76 Å². The lowest BCUT2D eigenvalue weighted by atomic mass is 9.99. The summed E-state index contributed by atoms with van der Waals surface area (Å²) in [6.45, 7) is -0.199. The van der Waals surface area contributed by atoms with Crippen molar-refractivity contribution in [3.8, 4) is 0 Å². The maximum atomic E-state index is 12.7. The number of methoxy groups -OCH3 is 1. The Bertz CT molecular complexity index is 839. The van der Waals surface area contributed by atoms with Crippen molar-refractivity contribution in [1.82, 2.24) is 10.2 Å². The fraction of sp³-hybridized carbons (Fsp3) is 0.375. The van der Waals surface area contributed by atoms with Gasteiger partial charge in [0.05, 0.1) is 17.9 Å². The summed E-state index contributed by atoms with van der Waals surface area (Å²) in [6, 6.07) is 3.22. The highest BCUT2D eigenvalue weighted by Crippen LogP contribution is 2.47. The first-order valence-corrected chi connectivity index (χ1v) is 8.97. The summed E-state index contributed by atoms with van der Waals surface area (Å²) < 4.78 is 15.2. The highest BCUT2D eigenvalue weighted by molar-refractivity contribution is 8.00. The van der Waals surface area contributed by atoms with Crippen molar-refractivity contribution in [3.63, 3.8) is 0 Å². The molecule has 1 saturated heterocycles. The molecule has 1 aromatic rings. The van der Waals surface area contributed by atoms with Crippen molar-refractivity contribution in [2.75, 3.05) is 13.7 Å². The van der Waals surface area contributed by atoms with Crippen LogP contribution in [0.25, 0.3) is 0 Å². The minimum absolute atomic E-state index is 0.126. The number of ether oxygens (including phenoxy) is 2. The number of thioether (sulfide) groups is 1. The fourth-order valence-corrected chi connectivity index (χ4v) is 4.43. The van der Waals surface area contributed by atoms with Gasteiger partial charge in [0.15, 0.2) is 0 Å². The Labute approximate surface area is 162 Å². The van der Waals surface area contributed by atoms with Gasteiger partial charge in [0.2, 0.25) is 5.91 Å². The first-order chi connectivity index (χ1) is 13.3.